The molecule has 0 atom stereocenters. The first-order chi connectivity index (χ1) is 11.9. The summed E-state index contributed by atoms with van der Waals surface area (Å²) in [5.74, 6) is -0.629. The van der Waals surface area contributed by atoms with Gasteiger partial charge in [0, 0.05) is 23.2 Å². The highest BCUT2D eigenvalue weighted by Crippen LogP contribution is 2.22. The van der Waals surface area contributed by atoms with Crippen molar-refractivity contribution in [1.29, 1.82) is 0 Å². The number of hydrogen-bond acceptors (Lipinski definition) is 5. The van der Waals surface area contributed by atoms with E-state index in [0.717, 1.165) is 11.1 Å². The number of non-ortho nitro benzene ring substituents is 1. The van der Waals surface area contributed by atoms with Crippen molar-refractivity contribution in [3.63, 3.8) is 0 Å². The molecule has 1 heterocycles. The Balaban J connectivity index is 2.03. The topological polar surface area (TPSA) is 102 Å². The van der Waals surface area contributed by atoms with Gasteiger partial charge >= 0.3 is 5.63 Å². The van der Waals surface area contributed by atoms with Crippen LogP contribution in [-0.4, -0.2) is 10.8 Å². The minimum Gasteiger partial charge on any atom is -0.422 e. The maximum atomic E-state index is 12.5. The number of carbonyl (C=O) groups excluding carboxylic acids is 1. The number of rotatable bonds is 3. The molecule has 0 aliphatic carbocycles. The summed E-state index contributed by atoms with van der Waals surface area (Å²) in [5.41, 5.74) is 1.48. The molecule has 7 heteroatoms. The second kappa shape index (κ2) is 6.20. The highest BCUT2D eigenvalue weighted by atomic mass is 16.6. The van der Waals surface area contributed by atoms with Crippen molar-refractivity contribution < 1.29 is 14.1 Å². The van der Waals surface area contributed by atoms with Crippen LogP contribution < -0.4 is 10.9 Å². The number of fused-ring (bicyclic) bond motifs is 1. The van der Waals surface area contributed by atoms with E-state index in [1.165, 1.54) is 24.3 Å². The zero-order valence-electron chi connectivity index (χ0n) is 13.5. The molecular formula is C18H14N2O5. The Morgan fingerprint density at radius 3 is 2.64 bits per heavy atom. The van der Waals surface area contributed by atoms with Crippen molar-refractivity contribution in [2.75, 3.05) is 5.32 Å². The number of anilines is 1. The molecule has 0 radical (unpaired) electrons. The minimum atomic E-state index is -0.802. The molecule has 2 aromatic carbocycles. The molecule has 0 bridgehead atoms. The summed E-state index contributed by atoms with van der Waals surface area (Å²) >= 11 is 0. The predicted octanol–water partition coefficient (Wildman–Crippen LogP) is 3.57. The number of carbonyl (C=O) groups is 1. The zero-order chi connectivity index (χ0) is 18.1. The second-order valence-electron chi connectivity index (χ2n) is 5.63. The SMILES string of the molecule is Cc1cccc(NC(=O)c2cc3cc([N+](=O)[O-])ccc3oc2=O)c1C. The molecule has 1 aromatic heterocycles. The van der Waals surface area contributed by atoms with Crippen LogP contribution in [0, 0.1) is 24.0 Å². The second-order valence-corrected chi connectivity index (χ2v) is 5.63. The highest BCUT2D eigenvalue weighted by molar-refractivity contribution is 6.05. The zero-order valence-corrected chi connectivity index (χ0v) is 13.5. The van der Waals surface area contributed by atoms with Gasteiger partial charge in [-0.3, -0.25) is 14.9 Å². The number of nitro groups is 1. The lowest BCUT2D eigenvalue weighted by Gasteiger charge is -2.10. The monoisotopic (exact) mass is 338 g/mol. The van der Waals surface area contributed by atoms with Crippen LogP contribution in [0.25, 0.3) is 11.0 Å². The van der Waals surface area contributed by atoms with E-state index >= 15 is 0 Å². The molecule has 0 saturated heterocycles. The largest absolute Gasteiger partial charge is 0.422 e. The Morgan fingerprint density at radius 2 is 1.92 bits per heavy atom. The maximum Gasteiger partial charge on any atom is 0.349 e. The van der Waals surface area contributed by atoms with Crippen molar-refractivity contribution in [3.05, 3.63) is 79.7 Å². The van der Waals surface area contributed by atoms with Gasteiger partial charge in [-0.05, 0) is 43.2 Å². The molecular weight excluding hydrogens is 324 g/mol. The lowest BCUT2D eigenvalue weighted by atomic mass is 10.1. The summed E-state index contributed by atoms with van der Waals surface area (Å²) in [4.78, 5) is 34.8. The smallest absolute Gasteiger partial charge is 0.349 e. The Bertz CT molecular complexity index is 1070. The minimum absolute atomic E-state index is 0.151. The van der Waals surface area contributed by atoms with E-state index in [4.69, 9.17) is 4.42 Å². The number of nitro benzene ring substituents is 1. The molecule has 0 fully saturated rings. The van der Waals surface area contributed by atoms with Crippen molar-refractivity contribution in [2.24, 2.45) is 0 Å². The molecule has 3 aromatic rings. The van der Waals surface area contributed by atoms with Crippen LogP contribution in [0.4, 0.5) is 11.4 Å². The van der Waals surface area contributed by atoms with Gasteiger partial charge in [-0.1, -0.05) is 12.1 Å². The molecule has 0 saturated carbocycles. The molecule has 3 rings (SSSR count). The number of benzene rings is 2. The van der Waals surface area contributed by atoms with Crippen LogP contribution in [0.1, 0.15) is 21.5 Å². The number of nitrogens with zero attached hydrogens (tertiary/aromatic N) is 1. The highest BCUT2D eigenvalue weighted by Gasteiger charge is 2.16. The van der Waals surface area contributed by atoms with Gasteiger partial charge in [0.1, 0.15) is 11.1 Å². The molecule has 126 valence electrons. The van der Waals surface area contributed by atoms with Gasteiger partial charge in [-0.15, -0.1) is 0 Å². The summed E-state index contributed by atoms with van der Waals surface area (Å²) in [5, 5.41) is 13.9. The van der Waals surface area contributed by atoms with Crippen LogP contribution in [0.15, 0.2) is 51.7 Å². The van der Waals surface area contributed by atoms with Gasteiger partial charge in [-0.2, -0.15) is 0 Å². The van der Waals surface area contributed by atoms with Gasteiger partial charge < -0.3 is 9.73 Å². The Labute approximate surface area is 142 Å². The summed E-state index contributed by atoms with van der Waals surface area (Å²) in [6.07, 6.45) is 0. The van der Waals surface area contributed by atoms with E-state index in [-0.39, 0.29) is 16.8 Å². The van der Waals surface area contributed by atoms with Gasteiger partial charge in [0.05, 0.1) is 4.92 Å². The fourth-order valence-corrected chi connectivity index (χ4v) is 2.46. The Kier molecular flexibility index (Phi) is 4.06. The van der Waals surface area contributed by atoms with Crippen LogP contribution in [-0.2, 0) is 0 Å². The van der Waals surface area contributed by atoms with Crippen molar-refractivity contribution in [1.82, 2.24) is 0 Å². The first-order valence-electron chi connectivity index (χ1n) is 7.46. The van der Waals surface area contributed by atoms with E-state index in [1.54, 1.807) is 12.1 Å². The molecule has 0 unspecified atom stereocenters. The number of hydrogen-bond donors (Lipinski definition) is 1. The first-order valence-corrected chi connectivity index (χ1v) is 7.46. The molecule has 1 amide bonds. The fourth-order valence-electron chi connectivity index (χ4n) is 2.46. The quantitative estimate of drug-likeness (QED) is 0.447. The normalized spacial score (nSPS) is 10.6. The Morgan fingerprint density at radius 1 is 1.16 bits per heavy atom. The molecule has 0 spiro atoms. The van der Waals surface area contributed by atoms with Gasteiger partial charge in [0.2, 0.25) is 0 Å². The van der Waals surface area contributed by atoms with Crippen LogP contribution in [0.5, 0.6) is 0 Å². The van der Waals surface area contributed by atoms with E-state index in [1.807, 2.05) is 19.9 Å². The van der Waals surface area contributed by atoms with Gasteiger partial charge in [0.25, 0.3) is 11.6 Å². The van der Waals surface area contributed by atoms with Crippen LogP contribution >= 0.6 is 0 Å². The summed E-state index contributed by atoms with van der Waals surface area (Å²) in [6.45, 7) is 3.77. The predicted molar refractivity (Wildman–Crippen MR) is 93.0 cm³/mol. The molecule has 1 N–H and O–H groups in total. The first kappa shape index (κ1) is 16.4. The summed E-state index contributed by atoms with van der Waals surface area (Å²) < 4.78 is 5.10. The molecule has 0 aliphatic rings. The standard InChI is InChI=1S/C18H14N2O5/c1-10-4-3-5-15(11(10)2)19-17(21)14-9-12-8-13(20(23)24)6-7-16(12)25-18(14)22/h3-9H,1-2H3,(H,19,21). The third-order valence-electron chi connectivity index (χ3n) is 4.02. The van der Waals surface area contributed by atoms with E-state index in [9.17, 15) is 19.7 Å². The average molecular weight is 338 g/mol. The summed E-state index contributed by atoms with van der Waals surface area (Å²) in [7, 11) is 0. The maximum absolute atomic E-state index is 12.5. The lowest BCUT2D eigenvalue weighted by molar-refractivity contribution is -0.384. The molecule has 25 heavy (non-hydrogen) atoms. The van der Waals surface area contributed by atoms with E-state index < -0.39 is 16.5 Å². The Hall–Kier alpha value is -3.48. The number of aryl methyl sites for hydroxylation is 1. The van der Waals surface area contributed by atoms with Crippen molar-refractivity contribution >= 4 is 28.3 Å². The van der Waals surface area contributed by atoms with Crippen LogP contribution in [0.2, 0.25) is 0 Å². The number of nitrogens with one attached hydrogen (secondary N) is 1. The fraction of sp³-hybridized carbons (Fsp3) is 0.111. The van der Waals surface area contributed by atoms with E-state index in [0.29, 0.717) is 11.1 Å². The molecule has 7 nitrogen and oxygen atoms in total. The van der Waals surface area contributed by atoms with Crippen LogP contribution in [0.3, 0.4) is 0 Å². The van der Waals surface area contributed by atoms with E-state index in [2.05, 4.69) is 5.32 Å². The van der Waals surface area contributed by atoms with Gasteiger partial charge in [-0.25, -0.2) is 4.79 Å². The average Bonchev–Trinajstić information content (AvgIpc) is 2.57. The number of amides is 1. The summed E-state index contributed by atoms with van der Waals surface area (Å²) in [6, 6.07) is 10.6. The van der Waals surface area contributed by atoms with Crippen molar-refractivity contribution in [3.8, 4) is 0 Å². The third-order valence-corrected chi connectivity index (χ3v) is 4.02. The van der Waals surface area contributed by atoms with Crippen molar-refractivity contribution in [2.45, 2.75) is 13.8 Å². The molecule has 0 aliphatic heterocycles. The lowest BCUT2D eigenvalue weighted by Crippen LogP contribution is -2.21. The van der Waals surface area contributed by atoms with Gasteiger partial charge in [0.15, 0.2) is 0 Å². The third kappa shape index (κ3) is 3.12.